The van der Waals surface area contributed by atoms with Crippen molar-refractivity contribution in [3.8, 4) is 0 Å². The summed E-state index contributed by atoms with van der Waals surface area (Å²) < 4.78 is 244. The molecule has 8 heterocycles. The second-order valence-corrected chi connectivity index (χ2v) is 40.6. The highest BCUT2D eigenvalue weighted by atomic mass is 35.5. The maximum Gasteiger partial charge on any atom is 0.488 e. The molecule has 4 aromatic rings. The Bertz CT molecular complexity index is 4390. The number of alkyl halides is 12. The molecular formula is C46H68Cl4F8N12O34P8. The lowest BCUT2D eigenvalue weighted by molar-refractivity contribution is -0.100. The normalized spacial score (nSPS) is 31.5. The topological polar surface area (TPSA) is 737 Å². The van der Waals surface area contributed by atoms with Crippen LogP contribution in [0.1, 0.15) is 50.6 Å². The van der Waals surface area contributed by atoms with E-state index in [1.54, 1.807) is 0 Å². The first-order valence-corrected chi connectivity index (χ1v) is 45.8. The van der Waals surface area contributed by atoms with Gasteiger partial charge in [0.1, 0.15) is 77.2 Å². The van der Waals surface area contributed by atoms with Gasteiger partial charge in [0.25, 0.3) is 0 Å². The van der Waals surface area contributed by atoms with Crippen molar-refractivity contribution in [3.63, 3.8) is 0 Å². The van der Waals surface area contributed by atoms with E-state index in [-0.39, 0.29) is 23.3 Å². The summed E-state index contributed by atoms with van der Waals surface area (Å²) in [4.78, 5) is 150. The molecule has 640 valence electrons. The van der Waals surface area contributed by atoms with E-state index in [1.165, 1.54) is 25.5 Å². The maximum absolute atomic E-state index is 14.7. The molecule has 24 atom stereocenters. The molecule has 0 bridgehead atoms. The van der Waals surface area contributed by atoms with E-state index in [2.05, 4.69) is 37.2 Å². The van der Waals surface area contributed by atoms with E-state index in [0.29, 0.717) is 13.7 Å². The zero-order valence-electron chi connectivity index (χ0n) is 55.9. The van der Waals surface area contributed by atoms with Crippen LogP contribution in [0.15, 0.2) is 68.2 Å². The van der Waals surface area contributed by atoms with Crippen LogP contribution in [0.5, 0.6) is 0 Å². The fourth-order valence-electron chi connectivity index (χ4n) is 10.3. The van der Waals surface area contributed by atoms with Crippen LogP contribution >= 0.6 is 108 Å². The Morgan fingerprint density at radius 1 is 0.411 bits per heavy atom. The molecule has 4 fully saturated rings. The third-order valence-corrected chi connectivity index (χ3v) is 28.9. The summed E-state index contributed by atoms with van der Waals surface area (Å²) in [5.74, 6) is -14.5. The van der Waals surface area contributed by atoms with Crippen LogP contribution in [-0.2, 0) is 72.7 Å². The number of hydrogen-bond donors (Lipinski definition) is 18. The zero-order valence-corrected chi connectivity index (χ0v) is 66.1. The van der Waals surface area contributed by atoms with Gasteiger partial charge in [0, 0.05) is 50.5 Å². The predicted octanol–water partition coefficient (Wildman–Crippen LogP) is 1.49. The van der Waals surface area contributed by atoms with Crippen molar-refractivity contribution in [2.45, 2.75) is 146 Å². The number of halogens is 12. The average molecular weight is 1870 g/mol. The Labute approximate surface area is 640 Å². The van der Waals surface area contributed by atoms with E-state index in [1.807, 2.05) is 0 Å². The molecule has 66 heteroatoms. The predicted molar refractivity (Wildman–Crippen MR) is 367 cm³/mol. The number of anilines is 4. The van der Waals surface area contributed by atoms with E-state index in [0.717, 1.165) is 41.5 Å². The lowest BCUT2D eigenvalue weighted by Gasteiger charge is -2.32. The van der Waals surface area contributed by atoms with Gasteiger partial charge in [0.05, 0.1) is 23.5 Å². The summed E-state index contributed by atoms with van der Waals surface area (Å²) >= 11 is 22.8. The molecule has 112 heavy (non-hydrogen) atoms. The minimum absolute atomic E-state index is 0.0597. The number of aliphatic hydroxyl groups excluding tert-OH is 4. The lowest BCUT2D eigenvalue weighted by atomic mass is 9.94. The first-order valence-electron chi connectivity index (χ1n) is 29.9. The number of nitrogens with zero attached hydrogens (tertiary/aromatic N) is 8. The summed E-state index contributed by atoms with van der Waals surface area (Å²) in [6.07, 6.45) is -24.9. The molecule has 4 aliphatic heterocycles. The first kappa shape index (κ1) is 98.9. The molecule has 4 saturated heterocycles. The van der Waals surface area contributed by atoms with Crippen molar-refractivity contribution in [2.24, 2.45) is 0 Å². The molecule has 22 N–H and O–H groups in total. The Morgan fingerprint density at radius 3 is 0.795 bits per heavy atom. The zero-order chi connectivity index (χ0) is 86.0. The van der Waals surface area contributed by atoms with Crippen LogP contribution < -0.4 is 45.7 Å². The molecule has 0 amide bonds. The first-order chi connectivity index (χ1) is 50.9. The van der Waals surface area contributed by atoms with E-state index >= 15 is 0 Å². The molecule has 4 aromatic heterocycles. The van der Waals surface area contributed by atoms with Crippen LogP contribution in [0.3, 0.4) is 0 Å². The number of rotatable bonds is 28. The Morgan fingerprint density at radius 2 is 0.616 bits per heavy atom. The third-order valence-electron chi connectivity index (χ3n) is 15.9. The minimum Gasteiger partial charge on any atom is -0.387 e. The van der Waals surface area contributed by atoms with Crippen molar-refractivity contribution in [1.82, 2.24) is 38.2 Å². The molecule has 0 radical (unpaired) electrons. The highest BCUT2D eigenvalue weighted by molar-refractivity contribution is 7.69. The highest BCUT2D eigenvalue weighted by Crippen LogP contribution is 2.70. The second kappa shape index (κ2) is 37.3. The molecule has 0 spiro atoms. The SMILES string of the molecule is CP(C)(=O)C(F)C[C@@]1(CCl)O[C@@H](n2ccc(N)nc2=O)[C@H](F)[C@@H]1O.Nc1ccn([C@@H]2O[C@](CCl)(CC(F)P(=O)(O)O)[C@@H](O)[C@H]2F)c(=O)n1.Nc1ccn([C@@H]2O[C@](CCl)(C[C@@H](F)P(=O)(O)OP(=O)(O)OP(=O)(O)O)[C@@H](O)[C@H]2F)c(=O)n1.Nc1ccn([C@@H]2O[C@](CCl)(C[C@H](F)P(=O)(O)OP(=O)(O)OP(=O)(O)O)[C@@H](O)[C@H]2F)c(=O)n1. The molecule has 6 unspecified atom stereocenters. The van der Waals surface area contributed by atoms with Gasteiger partial charge < -0.3 is 116 Å². The number of nitrogen functional groups attached to an aromatic ring is 4. The van der Waals surface area contributed by atoms with E-state index < -0.39 is 253 Å². The Balaban J connectivity index is 0.000000269. The number of nitrogens with two attached hydrogens (primary N) is 4. The van der Waals surface area contributed by atoms with Crippen molar-refractivity contribution >= 4 is 131 Å². The summed E-state index contributed by atoms with van der Waals surface area (Å²) in [7, 11) is -43.4. The summed E-state index contributed by atoms with van der Waals surface area (Å²) in [6.45, 7) is 2.47. The van der Waals surface area contributed by atoms with Crippen molar-refractivity contribution < 1.29 is 177 Å². The fourth-order valence-corrected chi connectivity index (χ4v) is 20.2. The number of ether oxygens (including phenoxy) is 4. The van der Waals surface area contributed by atoms with Crippen LogP contribution in [0.25, 0.3) is 0 Å². The van der Waals surface area contributed by atoms with Crippen LogP contribution in [0.4, 0.5) is 58.4 Å². The summed E-state index contributed by atoms with van der Waals surface area (Å²) in [6, 6.07) is 4.60. The van der Waals surface area contributed by atoms with Gasteiger partial charge in [-0.1, -0.05) is 0 Å². The van der Waals surface area contributed by atoms with Gasteiger partial charge in [0.2, 0.25) is 17.7 Å². The van der Waals surface area contributed by atoms with Gasteiger partial charge in [0.15, 0.2) is 55.5 Å². The average Bonchev–Trinajstić information content (AvgIpc) is 1.62. The standard InChI is InChI=1S/C13H19ClF2N3O4P.2C11H17ClF2N3O12P3.C11H15ClF2N3O6P/c1-24(2,22)7(15)5-13(6-14)10(20)9(16)11(23-13)19-4-3-8(17)18-12(19)21;2*12-4-11(3-5(13)30(20,21)28-32(25,26)29-31(22,23)24)8(18)7(14)9(27-11)17-2-1-6(15)16-10(17)19;12-4-11(3-5(13)24(20,21)22)8(18)7(14)9(23-11)17-2-1-6(15)16-10(17)19/h3-4,7,9-11,20H,5-6H2,1-2H3,(H2,17,18,21);2*1-2,5,7-9,18H,3-4H2,(H,20,21)(H,25,26)(H2,15,16,19)(H2,22,23,24);1-2,5,7-9,18H,3-4H2,(H2,15,16,19)(H2,20,21,22)/t7?,9-,10+,11-,13+;5-,7+,8-,9+,11-;5-,7-,8+,9-,11+;5?,7-,8+,9-,11+/m1011/s1. The Hall–Kier alpha value is -3.72. The minimum atomic E-state index is -5.96. The number of aromatic nitrogens is 8. The highest BCUT2D eigenvalue weighted by Gasteiger charge is 2.63. The smallest absolute Gasteiger partial charge is 0.387 e. The van der Waals surface area contributed by atoms with E-state index in [9.17, 15) is 121 Å². The number of phosphoric acid groups is 4. The van der Waals surface area contributed by atoms with Crippen LogP contribution in [0, 0.1) is 0 Å². The lowest BCUT2D eigenvalue weighted by Crippen LogP contribution is -2.46. The van der Waals surface area contributed by atoms with Gasteiger partial charge in [-0.25, -0.2) is 81.2 Å². The quantitative estimate of drug-likeness (QED) is 0.0218. The van der Waals surface area contributed by atoms with Crippen LogP contribution in [0.2, 0.25) is 0 Å². The molecular weight excluding hydrogens is 1810 g/mol. The molecule has 4 aliphatic rings. The van der Waals surface area contributed by atoms with Gasteiger partial charge in [-0.15, -0.1) is 46.4 Å². The van der Waals surface area contributed by atoms with Crippen molar-refractivity contribution in [2.75, 3.05) is 59.8 Å². The number of hydrogen-bond acceptors (Lipinski definition) is 32. The van der Waals surface area contributed by atoms with Gasteiger partial charge in [-0.3, -0.25) is 32.0 Å². The fraction of sp³-hybridized carbons (Fsp3) is 0.652. The second-order valence-electron chi connectivity index (χ2n) is 24.5. The van der Waals surface area contributed by atoms with Gasteiger partial charge in [-0.2, -0.15) is 28.6 Å². The van der Waals surface area contributed by atoms with Crippen molar-refractivity contribution in [3.05, 3.63) is 91.0 Å². The largest absolute Gasteiger partial charge is 0.488 e. The molecule has 8 rings (SSSR count). The Kier molecular flexibility index (Phi) is 32.9. The monoisotopic (exact) mass is 1870 g/mol. The molecule has 0 saturated carbocycles. The summed E-state index contributed by atoms with van der Waals surface area (Å²) in [5, 5.41) is 40.7. The number of aliphatic hydroxyl groups is 4. The van der Waals surface area contributed by atoms with Crippen LogP contribution in [-0.4, -0.2) is 240 Å². The third kappa shape index (κ3) is 24.3. The van der Waals surface area contributed by atoms with Crippen molar-refractivity contribution in [1.29, 1.82) is 0 Å². The van der Waals surface area contributed by atoms with Gasteiger partial charge in [-0.05, 0) is 37.6 Å². The molecule has 46 nitrogen and oxygen atoms in total. The maximum atomic E-state index is 14.7. The summed E-state index contributed by atoms with van der Waals surface area (Å²) in [5.41, 5.74) is 8.37. The van der Waals surface area contributed by atoms with E-state index in [4.69, 9.17) is 127 Å². The molecule has 0 aromatic carbocycles. The van der Waals surface area contributed by atoms with Gasteiger partial charge >= 0.3 is 76.8 Å². The molecule has 0 aliphatic carbocycles.